The van der Waals surface area contributed by atoms with Crippen molar-refractivity contribution in [1.29, 1.82) is 0 Å². The Kier molecular flexibility index (Phi) is 4.91. The van der Waals surface area contributed by atoms with Gasteiger partial charge < -0.3 is 0 Å². The highest BCUT2D eigenvalue weighted by Gasteiger charge is 2.32. The maximum absolute atomic E-state index is 2.64. The van der Waals surface area contributed by atoms with Crippen molar-refractivity contribution in [2.75, 3.05) is 0 Å². The van der Waals surface area contributed by atoms with E-state index in [1.807, 2.05) is 0 Å². The van der Waals surface area contributed by atoms with Gasteiger partial charge >= 0.3 is 0 Å². The number of hydrogen-bond acceptors (Lipinski definition) is 0. The van der Waals surface area contributed by atoms with Crippen LogP contribution in [0.25, 0.3) is 0 Å². The minimum atomic E-state index is -0.815. The molecule has 0 aromatic heterocycles. The van der Waals surface area contributed by atoms with Crippen molar-refractivity contribution in [3.8, 4) is 0 Å². The third kappa shape index (κ3) is 3.89. The van der Waals surface area contributed by atoms with Crippen LogP contribution in [0.4, 0.5) is 0 Å². The second kappa shape index (κ2) is 5.50. The Morgan fingerprint density at radius 2 is 1.71 bits per heavy atom. The second-order valence-electron chi connectivity index (χ2n) is 6.26. The lowest BCUT2D eigenvalue weighted by Crippen LogP contribution is -2.31. The van der Waals surface area contributed by atoms with Crippen LogP contribution in [0.2, 0.25) is 43.8 Å². The van der Waals surface area contributed by atoms with Crippen molar-refractivity contribution in [2.24, 2.45) is 0 Å². The lowest BCUT2D eigenvalue weighted by atomic mass is 10.4. The molecule has 0 amide bonds. The lowest BCUT2D eigenvalue weighted by molar-refractivity contribution is 0.817. The molecule has 14 heavy (non-hydrogen) atoms. The van der Waals surface area contributed by atoms with Gasteiger partial charge in [-0.05, 0) is 5.54 Å². The molecule has 0 saturated heterocycles. The highest BCUT2D eigenvalue weighted by molar-refractivity contribution is 6.78. The van der Waals surface area contributed by atoms with Crippen molar-refractivity contribution in [2.45, 2.75) is 75.9 Å². The van der Waals surface area contributed by atoms with E-state index in [-0.39, 0.29) is 8.80 Å². The number of rotatable bonds is 5. The molecule has 1 aliphatic rings. The summed E-state index contributed by atoms with van der Waals surface area (Å²) in [6, 6.07) is 3.20. The first kappa shape index (κ1) is 12.5. The summed E-state index contributed by atoms with van der Waals surface area (Å²) in [6.07, 6.45) is 7.75. The van der Waals surface area contributed by atoms with Crippen LogP contribution in [0.15, 0.2) is 0 Å². The van der Waals surface area contributed by atoms with Gasteiger partial charge in [-0.2, -0.15) is 0 Å². The van der Waals surface area contributed by atoms with Gasteiger partial charge in [0, 0.05) is 8.80 Å². The molecule has 1 aliphatic carbocycles. The molecule has 0 heterocycles. The molecule has 0 nitrogen and oxygen atoms in total. The Hall–Kier alpha value is 0.434. The first-order valence-electron chi connectivity index (χ1n) is 6.52. The minimum absolute atomic E-state index is 0.271. The zero-order valence-electron chi connectivity index (χ0n) is 10.6. The molecule has 0 aromatic carbocycles. The van der Waals surface area contributed by atoms with E-state index >= 15 is 0 Å². The number of hydrogen-bond donors (Lipinski definition) is 0. The van der Waals surface area contributed by atoms with E-state index in [9.17, 15) is 0 Å². The van der Waals surface area contributed by atoms with E-state index in [0.717, 1.165) is 0 Å². The fraction of sp³-hybridized carbons (Fsp3) is 1.00. The van der Waals surface area contributed by atoms with E-state index in [1.165, 1.54) is 18.4 Å². The van der Waals surface area contributed by atoms with Gasteiger partial charge in [0.1, 0.15) is 0 Å². The molecule has 84 valence electrons. The van der Waals surface area contributed by atoms with Gasteiger partial charge in [0.15, 0.2) is 0 Å². The molecule has 0 aliphatic heterocycles. The summed E-state index contributed by atoms with van der Waals surface area (Å²) in [4.78, 5) is 0. The summed E-state index contributed by atoms with van der Waals surface area (Å²) in [6.45, 7) is 10.3. The summed E-state index contributed by atoms with van der Waals surface area (Å²) in [5.74, 6) is 0. The molecule has 0 N–H and O–H groups in total. The third-order valence-corrected chi connectivity index (χ3v) is 10.1. The van der Waals surface area contributed by atoms with Crippen LogP contribution in [-0.4, -0.2) is 16.9 Å². The smallest absolute Gasteiger partial charge is 0.0504 e. The molecule has 0 spiro atoms. The summed E-state index contributed by atoms with van der Waals surface area (Å²) in [7, 11) is -1.09. The molecule has 0 aromatic rings. The highest BCUT2D eigenvalue weighted by Crippen LogP contribution is 2.41. The normalized spacial score (nSPS) is 19.5. The van der Waals surface area contributed by atoms with Gasteiger partial charge in [0.2, 0.25) is 0 Å². The Morgan fingerprint density at radius 1 is 1.14 bits per heavy atom. The van der Waals surface area contributed by atoms with Gasteiger partial charge in [-0.25, -0.2) is 0 Å². The summed E-state index contributed by atoms with van der Waals surface area (Å²) in [5, 5.41) is 0. The molecule has 1 rings (SSSR count). The van der Waals surface area contributed by atoms with E-state index in [2.05, 4.69) is 26.2 Å². The SMILES string of the molecule is C[SiH](C)CCC[Si](C)(C)C1CCCC1. The monoisotopic (exact) mass is 228 g/mol. The standard InChI is InChI=1S/C12H28Si2/c1-13(2)10-7-11-14(3,4)12-8-5-6-9-12/h12-13H,5-11H2,1-4H3. The van der Waals surface area contributed by atoms with E-state index in [0.29, 0.717) is 0 Å². The summed E-state index contributed by atoms with van der Waals surface area (Å²) in [5.41, 5.74) is 1.18. The van der Waals surface area contributed by atoms with Crippen molar-refractivity contribution >= 4 is 16.9 Å². The second-order valence-corrected chi connectivity index (χ2v) is 14.9. The fourth-order valence-electron chi connectivity index (χ4n) is 2.88. The maximum Gasteiger partial charge on any atom is 0.0504 e. The van der Waals surface area contributed by atoms with Gasteiger partial charge in [-0.1, -0.05) is 70.4 Å². The Balaban J connectivity index is 2.25. The quantitative estimate of drug-likeness (QED) is 0.607. The van der Waals surface area contributed by atoms with E-state index in [1.54, 1.807) is 31.4 Å². The first-order valence-corrected chi connectivity index (χ1v) is 12.9. The van der Waals surface area contributed by atoms with Crippen LogP contribution < -0.4 is 0 Å². The Morgan fingerprint density at radius 3 is 2.21 bits per heavy atom. The van der Waals surface area contributed by atoms with E-state index < -0.39 is 8.07 Å². The van der Waals surface area contributed by atoms with E-state index in [4.69, 9.17) is 0 Å². The van der Waals surface area contributed by atoms with Gasteiger partial charge in [0.05, 0.1) is 8.07 Å². The first-order chi connectivity index (χ1) is 6.52. The van der Waals surface area contributed by atoms with Crippen molar-refractivity contribution in [1.82, 2.24) is 0 Å². The van der Waals surface area contributed by atoms with Crippen LogP contribution >= 0.6 is 0 Å². The molecule has 1 fully saturated rings. The fourth-order valence-corrected chi connectivity index (χ4v) is 7.80. The van der Waals surface area contributed by atoms with Crippen LogP contribution in [0, 0.1) is 0 Å². The van der Waals surface area contributed by atoms with Crippen LogP contribution in [-0.2, 0) is 0 Å². The molecule has 0 atom stereocenters. The summed E-state index contributed by atoms with van der Waals surface area (Å²) >= 11 is 0. The zero-order chi connectivity index (χ0) is 10.6. The molecule has 0 bridgehead atoms. The predicted octanol–water partition coefficient (Wildman–Crippen LogP) is 4.52. The van der Waals surface area contributed by atoms with Crippen LogP contribution in [0.1, 0.15) is 32.1 Å². The zero-order valence-corrected chi connectivity index (χ0v) is 12.8. The molecule has 2 heteroatoms. The average Bonchev–Trinajstić information content (AvgIpc) is 2.54. The lowest BCUT2D eigenvalue weighted by Gasteiger charge is -2.29. The van der Waals surface area contributed by atoms with Gasteiger partial charge in [-0.15, -0.1) is 0 Å². The topological polar surface area (TPSA) is 0 Å². The third-order valence-electron chi connectivity index (χ3n) is 4.06. The average molecular weight is 229 g/mol. The van der Waals surface area contributed by atoms with Crippen LogP contribution in [0.3, 0.4) is 0 Å². The molecule has 1 saturated carbocycles. The molecular formula is C12H28Si2. The molecule has 0 unspecified atom stereocenters. The van der Waals surface area contributed by atoms with Crippen molar-refractivity contribution in [3.05, 3.63) is 0 Å². The maximum atomic E-state index is 2.64. The van der Waals surface area contributed by atoms with Gasteiger partial charge in [-0.3, -0.25) is 0 Å². The van der Waals surface area contributed by atoms with Gasteiger partial charge in [0.25, 0.3) is 0 Å². The summed E-state index contributed by atoms with van der Waals surface area (Å²) < 4.78 is 0. The minimum Gasteiger partial charge on any atom is -0.0722 e. The Bertz CT molecular complexity index is 158. The molecule has 0 radical (unpaired) electrons. The Labute approximate surface area is 93.1 Å². The highest BCUT2D eigenvalue weighted by atomic mass is 28.3. The largest absolute Gasteiger partial charge is 0.0722 e. The predicted molar refractivity (Wildman–Crippen MR) is 72.8 cm³/mol. The van der Waals surface area contributed by atoms with Crippen LogP contribution in [0.5, 0.6) is 0 Å². The van der Waals surface area contributed by atoms with Crippen molar-refractivity contribution < 1.29 is 0 Å². The van der Waals surface area contributed by atoms with Crippen molar-refractivity contribution in [3.63, 3.8) is 0 Å². The molecular weight excluding hydrogens is 200 g/mol.